The van der Waals surface area contributed by atoms with Gasteiger partial charge in [-0.05, 0) is 103 Å². The van der Waals surface area contributed by atoms with Crippen LogP contribution in [0.25, 0.3) is 6.08 Å². The van der Waals surface area contributed by atoms with Crippen LogP contribution in [0.3, 0.4) is 0 Å². The number of carbonyl (C=O) groups is 3. The van der Waals surface area contributed by atoms with Gasteiger partial charge in [0.05, 0.1) is 0 Å². The number of amides is 3. The average molecular weight is 691 g/mol. The maximum absolute atomic E-state index is 13.5. The summed E-state index contributed by atoms with van der Waals surface area (Å²) < 4.78 is 0.902. The number of rotatable bonds is 10. The standard InChI is InChI=1S/C38H32BrN3O3S/c1-25-13-18-32(23-26(25)2)41-38(45)35(28-9-5-3-6-10-28)46-33-21-19-31(20-22-33)40-37(44)34(24-27-14-16-30(39)17-15-27)42-36(43)29-11-7-4-8-12-29/h3-24,35H,1-2H3,(H,40,44)(H,41,45)(H,42,43)/b34-24-. The highest BCUT2D eigenvalue weighted by atomic mass is 79.9. The van der Waals surface area contributed by atoms with Crippen LogP contribution in [-0.4, -0.2) is 17.7 Å². The zero-order valence-electron chi connectivity index (χ0n) is 25.3. The molecule has 0 saturated heterocycles. The van der Waals surface area contributed by atoms with E-state index < -0.39 is 17.1 Å². The van der Waals surface area contributed by atoms with Crippen molar-refractivity contribution in [2.75, 3.05) is 10.6 Å². The number of hydrogen-bond donors (Lipinski definition) is 3. The second kappa shape index (κ2) is 15.4. The van der Waals surface area contributed by atoms with E-state index in [9.17, 15) is 14.4 Å². The Bertz CT molecular complexity index is 1860. The number of carbonyl (C=O) groups excluding carboxylic acids is 3. The topological polar surface area (TPSA) is 87.3 Å². The Morgan fingerprint density at radius 1 is 0.696 bits per heavy atom. The molecule has 3 N–H and O–H groups in total. The van der Waals surface area contributed by atoms with Crippen molar-refractivity contribution in [3.8, 4) is 0 Å². The molecule has 6 nitrogen and oxygen atoms in total. The SMILES string of the molecule is Cc1ccc(NC(=O)C(Sc2ccc(NC(=O)/C(=C/c3ccc(Br)cc3)NC(=O)c3ccccc3)cc2)c2ccccc2)cc1C. The maximum Gasteiger partial charge on any atom is 0.272 e. The summed E-state index contributed by atoms with van der Waals surface area (Å²) in [4.78, 5) is 40.8. The highest BCUT2D eigenvalue weighted by Crippen LogP contribution is 2.37. The molecular formula is C38H32BrN3O3S. The number of benzene rings is 5. The number of anilines is 2. The van der Waals surface area contributed by atoms with Crippen LogP contribution in [0.5, 0.6) is 0 Å². The Kier molecular flexibility index (Phi) is 10.9. The molecule has 46 heavy (non-hydrogen) atoms. The average Bonchev–Trinajstić information content (AvgIpc) is 3.07. The number of aryl methyl sites for hydroxylation is 2. The first-order valence-electron chi connectivity index (χ1n) is 14.6. The lowest BCUT2D eigenvalue weighted by molar-refractivity contribution is -0.116. The highest BCUT2D eigenvalue weighted by Gasteiger charge is 2.23. The molecule has 0 radical (unpaired) electrons. The molecule has 0 aliphatic rings. The van der Waals surface area contributed by atoms with Crippen molar-refractivity contribution in [1.29, 1.82) is 0 Å². The molecule has 1 unspecified atom stereocenters. The second-order valence-corrected chi connectivity index (χ2v) is 12.7. The van der Waals surface area contributed by atoms with Crippen LogP contribution in [0.2, 0.25) is 0 Å². The van der Waals surface area contributed by atoms with E-state index in [-0.39, 0.29) is 11.6 Å². The summed E-state index contributed by atoms with van der Waals surface area (Å²) in [5, 5.41) is 8.21. The van der Waals surface area contributed by atoms with Gasteiger partial charge in [0.25, 0.3) is 11.8 Å². The number of hydrogen-bond acceptors (Lipinski definition) is 4. The van der Waals surface area contributed by atoms with Crippen molar-refractivity contribution in [1.82, 2.24) is 5.32 Å². The predicted molar refractivity (Wildman–Crippen MR) is 191 cm³/mol. The largest absolute Gasteiger partial charge is 0.325 e. The maximum atomic E-state index is 13.5. The Morgan fingerprint density at radius 3 is 1.98 bits per heavy atom. The monoisotopic (exact) mass is 689 g/mol. The van der Waals surface area contributed by atoms with Crippen molar-refractivity contribution in [2.45, 2.75) is 24.0 Å². The summed E-state index contributed by atoms with van der Waals surface area (Å²) in [6.45, 7) is 4.06. The third kappa shape index (κ3) is 8.84. The van der Waals surface area contributed by atoms with Crippen LogP contribution in [0.15, 0.2) is 142 Å². The van der Waals surface area contributed by atoms with Crippen LogP contribution in [0.4, 0.5) is 11.4 Å². The smallest absolute Gasteiger partial charge is 0.272 e. The van der Waals surface area contributed by atoms with Crippen LogP contribution >= 0.6 is 27.7 Å². The fraction of sp³-hybridized carbons (Fsp3) is 0.0789. The van der Waals surface area contributed by atoms with Gasteiger partial charge < -0.3 is 16.0 Å². The van der Waals surface area contributed by atoms with Gasteiger partial charge in [-0.2, -0.15) is 0 Å². The lowest BCUT2D eigenvalue weighted by Crippen LogP contribution is -2.30. The summed E-state index contributed by atoms with van der Waals surface area (Å²) in [7, 11) is 0. The Labute approximate surface area is 281 Å². The third-order valence-corrected chi connectivity index (χ3v) is 8.99. The van der Waals surface area contributed by atoms with Gasteiger partial charge in [0.1, 0.15) is 10.9 Å². The minimum absolute atomic E-state index is 0.0989. The van der Waals surface area contributed by atoms with Gasteiger partial charge in [-0.1, -0.05) is 82.7 Å². The zero-order chi connectivity index (χ0) is 32.5. The second-order valence-electron chi connectivity index (χ2n) is 10.6. The van der Waals surface area contributed by atoms with Crippen molar-refractivity contribution in [3.05, 3.63) is 165 Å². The van der Waals surface area contributed by atoms with Crippen LogP contribution in [-0.2, 0) is 9.59 Å². The molecule has 8 heteroatoms. The van der Waals surface area contributed by atoms with Crippen LogP contribution in [0.1, 0.15) is 37.9 Å². The Balaban J connectivity index is 1.32. The van der Waals surface area contributed by atoms with E-state index in [1.54, 1.807) is 42.5 Å². The van der Waals surface area contributed by atoms with Crippen molar-refractivity contribution >= 4 is 62.9 Å². The van der Waals surface area contributed by atoms with E-state index >= 15 is 0 Å². The zero-order valence-corrected chi connectivity index (χ0v) is 27.7. The molecule has 3 amide bonds. The first-order valence-corrected chi connectivity index (χ1v) is 16.3. The van der Waals surface area contributed by atoms with E-state index in [1.165, 1.54) is 11.8 Å². The van der Waals surface area contributed by atoms with Crippen molar-refractivity contribution in [2.24, 2.45) is 0 Å². The molecule has 5 aromatic rings. The lowest BCUT2D eigenvalue weighted by atomic mass is 10.1. The summed E-state index contributed by atoms with van der Waals surface area (Å²) in [5.74, 6) is -0.992. The summed E-state index contributed by atoms with van der Waals surface area (Å²) >= 11 is 4.85. The molecular weight excluding hydrogens is 658 g/mol. The molecule has 0 fully saturated rings. The number of halogens is 1. The molecule has 5 aromatic carbocycles. The van der Waals surface area contributed by atoms with Gasteiger partial charge in [-0.3, -0.25) is 14.4 Å². The normalized spacial score (nSPS) is 11.8. The van der Waals surface area contributed by atoms with Gasteiger partial charge >= 0.3 is 0 Å². The van der Waals surface area contributed by atoms with Gasteiger partial charge in [0, 0.05) is 26.3 Å². The molecule has 1 atom stereocenters. The summed E-state index contributed by atoms with van der Waals surface area (Å²) in [5.41, 5.74) is 5.72. The molecule has 0 heterocycles. The number of nitrogens with one attached hydrogen (secondary N) is 3. The van der Waals surface area contributed by atoms with E-state index in [4.69, 9.17) is 0 Å². The lowest BCUT2D eigenvalue weighted by Gasteiger charge is -2.18. The van der Waals surface area contributed by atoms with E-state index in [0.29, 0.717) is 11.3 Å². The van der Waals surface area contributed by atoms with E-state index in [0.717, 1.165) is 37.3 Å². The molecule has 0 bridgehead atoms. The molecule has 230 valence electrons. The fourth-order valence-electron chi connectivity index (χ4n) is 4.55. The minimum atomic E-state index is -0.503. The van der Waals surface area contributed by atoms with Gasteiger partial charge in [-0.15, -0.1) is 11.8 Å². The van der Waals surface area contributed by atoms with Gasteiger partial charge in [-0.25, -0.2) is 0 Å². The molecule has 0 aromatic heterocycles. The first kappa shape index (κ1) is 32.5. The molecule has 0 aliphatic carbocycles. The molecule has 5 rings (SSSR count). The molecule has 0 saturated carbocycles. The fourth-order valence-corrected chi connectivity index (χ4v) is 5.84. The van der Waals surface area contributed by atoms with Gasteiger partial charge in [0.2, 0.25) is 5.91 Å². The van der Waals surface area contributed by atoms with Gasteiger partial charge in [0.15, 0.2) is 0 Å². The quantitative estimate of drug-likeness (QED) is 0.101. The summed E-state index contributed by atoms with van der Waals surface area (Å²) in [6, 6.07) is 38.9. The third-order valence-electron chi connectivity index (χ3n) is 7.19. The van der Waals surface area contributed by atoms with Crippen molar-refractivity contribution in [3.63, 3.8) is 0 Å². The summed E-state index contributed by atoms with van der Waals surface area (Å²) in [6.07, 6.45) is 1.63. The Hall–Kier alpha value is -4.92. The first-order chi connectivity index (χ1) is 22.2. The molecule has 0 spiro atoms. The van der Waals surface area contributed by atoms with E-state index in [2.05, 4.69) is 31.9 Å². The van der Waals surface area contributed by atoms with Crippen LogP contribution in [0, 0.1) is 13.8 Å². The predicted octanol–water partition coefficient (Wildman–Crippen LogP) is 8.95. The number of thioether (sulfide) groups is 1. The minimum Gasteiger partial charge on any atom is -0.325 e. The van der Waals surface area contributed by atoms with E-state index in [1.807, 2.05) is 105 Å². The highest BCUT2D eigenvalue weighted by molar-refractivity contribution is 9.10. The molecule has 0 aliphatic heterocycles. The van der Waals surface area contributed by atoms with Crippen LogP contribution < -0.4 is 16.0 Å². The Morgan fingerprint density at radius 2 is 1.33 bits per heavy atom. The van der Waals surface area contributed by atoms with Crippen molar-refractivity contribution < 1.29 is 14.4 Å².